The lowest BCUT2D eigenvalue weighted by atomic mass is 9.98. The standard InChI is InChI=1S/C30H26F6O3/c1-3-5-6-7-17-10-18-8-9-19(12-20(18)11-17)29(37)38-21-13-26(33)28(27(34)14-21)30(35,36)39-22-15-24(31)23(4-2)25(32)16-22/h4,8-9,12-17H,2-3,5-7,10-11H2,1H3. The molecule has 1 atom stereocenters. The highest BCUT2D eigenvalue weighted by atomic mass is 19.3. The molecule has 1 aliphatic carbocycles. The number of hydrogen-bond acceptors (Lipinski definition) is 3. The number of carbonyl (C=O) groups is 1. The van der Waals surface area contributed by atoms with Crippen molar-refractivity contribution in [2.45, 2.75) is 51.6 Å². The van der Waals surface area contributed by atoms with E-state index in [0.29, 0.717) is 30.2 Å². The third-order valence-electron chi connectivity index (χ3n) is 6.70. The molecule has 0 amide bonds. The van der Waals surface area contributed by atoms with Gasteiger partial charge in [0.1, 0.15) is 40.3 Å². The fourth-order valence-corrected chi connectivity index (χ4v) is 4.79. The van der Waals surface area contributed by atoms with Crippen LogP contribution in [0.2, 0.25) is 0 Å². The molecule has 0 heterocycles. The van der Waals surface area contributed by atoms with E-state index in [1.807, 2.05) is 6.07 Å². The van der Waals surface area contributed by atoms with Crippen LogP contribution in [-0.2, 0) is 19.0 Å². The van der Waals surface area contributed by atoms with Crippen molar-refractivity contribution < 1.29 is 40.6 Å². The number of fused-ring (bicyclic) bond motifs is 1. The zero-order valence-corrected chi connectivity index (χ0v) is 21.1. The quantitative estimate of drug-likeness (QED) is 0.110. The van der Waals surface area contributed by atoms with Crippen molar-refractivity contribution in [3.63, 3.8) is 0 Å². The number of esters is 1. The maximum Gasteiger partial charge on any atom is 0.432 e. The zero-order chi connectivity index (χ0) is 28.3. The normalized spacial score (nSPS) is 14.7. The first-order chi connectivity index (χ1) is 18.5. The number of rotatable bonds is 10. The zero-order valence-electron chi connectivity index (χ0n) is 21.1. The van der Waals surface area contributed by atoms with Crippen molar-refractivity contribution in [3.05, 3.63) is 100 Å². The van der Waals surface area contributed by atoms with E-state index in [0.717, 1.165) is 55.7 Å². The number of hydrogen-bond donors (Lipinski definition) is 0. The smallest absolute Gasteiger partial charge is 0.429 e. The SMILES string of the molecule is C=Cc1c(F)cc(OC(F)(F)c2c(F)cc(OC(=O)c3ccc4c(c3)CC(CCCCC)C4)cc2F)cc1F. The molecule has 1 aliphatic rings. The molecule has 3 aromatic carbocycles. The lowest BCUT2D eigenvalue weighted by Crippen LogP contribution is -2.25. The van der Waals surface area contributed by atoms with Crippen molar-refractivity contribution in [1.82, 2.24) is 0 Å². The van der Waals surface area contributed by atoms with Gasteiger partial charge in [0.2, 0.25) is 0 Å². The van der Waals surface area contributed by atoms with Gasteiger partial charge in [-0.1, -0.05) is 44.9 Å². The Hall–Kier alpha value is -3.75. The second-order valence-electron chi connectivity index (χ2n) is 9.53. The van der Waals surface area contributed by atoms with Crippen LogP contribution < -0.4 is 9.47 Å². The van der Waals surface area contributed by atoms with E-state index < -0.39 is 58.0 Å². The van der Waals surface area contributed by atoms with Crippen LogP contribution >= 0.6 is 0 Å². The van der Waals surface area contributed by atoms with Gasteiger partial charge in [0.05, 0.1) is 5.56 Å². The Morgan fingerprint density at radius 2 is 1.54 bits per heavy atom. The van der Waals surface area contributed by atoms with E-state index in [1.54, 1.807) is 12.1 Å². The molecule has 0 fully saturated rings. The maximum absolute atomic E-state index is 14.6. The first kappa shape index (κ1) is 28.3. The molecule has 1 unspecified atom stereocenters. The number of unbranched alkanes of at least 4 members (excludes halogenated alkanes) is 2. The highest BCUT2D eigenvalue weighted by molar-refractivity contribution is 5.91. The van der Waals surface area contributed by atoms with Crippen molar-refractivity contribution in [1.29, 1.82) is 0 Å². The van der Waals surface area contributed by atoms with Crippen LogP contribution in [0.4, 0.5) is 26.3 Å². The summed E-state index contributed by atoms with van der Waals surface area (Å²) < 4.78 is 95.6. The van der Waals surface area contributed by atoms with Crippen molar-refractivity contribution in [2.24, 2.45) is 5.92 Å². The molecular weight excluding hydrogens is 522 g/mol. The van der Waals surface area contributed by atoms with Crippen LogP contribution in [0.1, 0.15) is 65.2 Å². The summed E-state index contributed by atoms with van der Waals surface area (Å²) in [5.74, 6) is -8.12. The van der Waals surface area contributed by atoms with E-state index >= 15 is 0 Å². The highest BCUT2D eigenvalue weighted by Gasteiger charge is 2.42. The molecule has 0 radical (unpaired) electrons. The molecule has 4 rings (SSSR count). The van der Waals surface area contributed by atoms with Gasteiger partial charge in [0.15, 0.2) is 0 Å². The fourth-order valence-electron chi connectivity index (χ4n) is 4.79. The lowest BCUT2D eigenvalue weighted by molar-refractivity contribution is -0.189. The van der Waals surface area contributed by atoms with E-state index in [2.05, 4.69) is 18.2 Å². The summed E-state index contributed by atoms with van der Waals surface area (Å²) in [4.78, 5) is 12.7. The molecule has 0 N–H and O–H groups in total. The van der Waals surface area contributed by atoms with E-state index in [9.17, 15) is 31.1 Å². The minimum atomic E-state index is -4.65. The molecular formula is C30H26F6O3. The van der Waals surface area contributed by atoms with Gasteiger partial charge in [-0.25, -0.2) is 22.4 Å². The second-order valence-corrected chi connectivity index (χ2v) is 9.53. The molecule has 206 valence electrons. The average molecular weight is 549 g/mol. The van der Waals surface area contributed by atoms with Gasteiger partial charge in [-0.15, -0.1) is 0 Å². The molecule has 0 aliphatic heterocycles. The molecule has 0 saturated carbocycles. The Morgan fingerprint density at radius 3 is 2.15 bits per heavy atom. The summed E-state index contributed by atoms with van der Waals surface area (Å²) in [5, 5.41) is 0. The third-order valence-corrected chi connectivity index (χ3v) is 6.70. The Balaban J connectivity index is 1.48. The monoisotopic (exact) mass is 548 g/mol. The first-order valence-corrected chi connectivity index (χ1v) is 12.5. The number of benzene rings is 3. The topological polar surface area (TPSA) is 35.5 Å². The number of carbonyl (C=O) groups excluding carboxylic acids is 1. The Morgan fingerprint density at radius 1 is 0.923 bits per heavy atom. The van der Waals surface area contributed by atoms with Gasteiger partial charge >= 0.3 is 12.1 Å². The predicted octanol–water partition coefficient (Wildman–Crippen LogP) is 8.53. The molecule has 9 heteroatoms. The van der Waals surface area contributed by atoms with E-state index in [1.165, 1.54) is 0 Å². The van der Waals surface area contributed by atoms with Crippen molar-refractivity contribution >= 4 is 12.0 Å². The number of alkyl halides is 2. The summed E-state index contributed by atoms with van der Waals surface area (Å²) in [6.07, 6.45) is 2.43. The molecule has 0 aromatic heterocycles. The van der Waals surface area contributed by atoms with E-state index in [4.69, 9.17) is 4.74 Å². The van der Waals surface area contributed by atoms with Gasteiger partial charge in [-0.2, -0.15) is 8.78 Å². The minimum Gasteiger partial charge on any atom is -0.429 e. The Kier molecular flexibility index (Phi) is 8.37. The summed E-state index contributed by atoms with van der Waals surface area (Å²) in [7, 11) is 0. The summed E-state index contributed by atoms with van der Waals surface area (Å²) in [6, 6.07) is 6.74. The number of ether oxygens (including phenoxy) is 2. The van der Waals surface area contributed by atoms with Crippen molar-refractivity contribution in [2.75, 3.05) is 0 Å². The predicted molar refractivity (Wildman–Crippen MR) is 134 cm³/mol. The van der Waals surface area contributed by atoms with E-state index in [-0.39, 0.29) is 5.56 Å². The molecule has 0 saturated heterocycles. The second kappa shape index (κ2) is 11.6. The largest absolute Gasteiger partial charge is 0.432 e. The Labute approximate surface area is 222 Å². The fraction of sp³-hybridized carbons (Fsp3) is 0.300. The van der Waals surface area contributed by atoms with Gasteiger partial charge in [-0.05, 0) is 48.4 Å². The molecule has 0 bridgehead atoms. The summed E-state index contributed by atoms with van der Waals surface area (Å²) >= 11 is 0. The maximum atomic E-state index is 14.6. The average Bonchev–Trinajstić information content (AvgIpc) is 3.25. The third kappa shape index (κ3) is 6.29. The minimum absolute atomic E-state index is 0.161. The van der Waals surface area contributed by atoms with Crippen molar-refractivity contribution in [3.8, 4) is 11.5 Å². The molecule has 0 spiro atoms. The summed E-state index contributed by atoms with van der Waals surface area (Å²) in [6.45, 7) is 5.34. The van der Waals surface area contributed by atoms with Gasteiger partial charge in [-0.3, -0.25) is 0 Å². The first-order valence-electron chi connectivity index (χ1n) is 12.5. The summed E-state index contributed by atoms with van der Waals surface area (Å²) in [5.41, 5.74) is -0.0967. The highest BCUT2D eigenvalue weighted by Crippen LogP contribution is 2.38. The van der Waals surface area contributed by atoms with Crippen LogP contribution in [0, 0.1) is 29.2 Å². The van der Waals surface area contributed by atoms with Crippen LogP contribution in [-0.4, -0.2) is 5.97 Å². The van der Waals surface area contributed by atoms with Crippen LogP contribution in [0.5, 0.6) is 11.5 Å². The van der Waals surface area contributed by atoms with Crippen LogP contribution in [0.25, 0.3) is 6.08 Å². The van der Waals surface area contributed by atoms with Gasteiger partial charge in [0, 0.05) is 29.8 Å². The molecule has 3 nitrogen and oxygen atoms in total. The Bertz CT molecular complexity index is 1360. The van der Waals surface area contributed by atoms with Gasteiger partial charge in [0.25, 0.3) is 0 Å². The lowest BCUT2D eigenvalue weighted by Gasteiger charge is -2.20. The molecule has 3 aromatic rings. The number of halogens is 6. The van der Waals surface area contributed by atoms with Crippen LogP contribution in [0.3, 0.4) is 0 Å². The van der Waals surface area contributed by atoms with Crippen LogP contribution in [0.15, 0.2) is 49.0 Å². The molecule has 39 heavy (non-hydrogen) atoms. The van der Waals surface area contributed by atoms with Gasteiger partial charge < -0.3 is 9.47 Å².